The third-order valence-corrected chi connectivity index (χ3v) is 6.01. The zero-order valence-electron chi connectivity index (χ0n) is 20.3. The van der Waals surface area contributed by atoms with Gasteiger partial charge in [-0.2, -0.15) is 0 Å². The number of amidine groups is 1. The summed E-state index contributed by atoms with van der Waals surface area (Å²) < 4.78 is 24.4. The van der Waals surface area contributed by atoms with Gasteiger partial charge in [0.05, 0.1) is 24.8 Å². The quantitative estimate of drug-likeness (QED) is 0.432. The normalized spacial score (nSPS) is 16.6. The van der Waals surface area contributed by atoms with Crippen LogP contribution in [0.4, 0.5) is 9.18 Å². The highest BCUT2D eigenvalue weighted by Crippen LogP contribution is 2.37. The monoisotopic (exact) mass is 538 g/mol. The molecule has 0 spiro atoms. The Morgan fingerprint density at radius 3 is 2.69 bits per heavy atom. The van der Waals surface area contributed by atoms with E-state index in [1.54, 1.807) is 39.3 Å². The number of aliphatic hydroxyl groups excluding tert-OH is 1. The Bertz CT molecular complexity index is 1160. The second-order valence-electron chi connectivity index (χ2n) is 8.85. The molecule has 0 fully saturated rings. The number of ether oxygens (including phenoxy) is 2. The summed E-state index contributed by atoms with van der Waals surface area (Å²) in [5.74, 6) is -0.848. The van der Waals surface area contributed by atoms with Gasteiger partial charge in [0.1, 0.15) is 17.5 Å². The van der Waals surface area contributed by atoms with E-state index in [1.807, 2.05) is 0 Å². The first kappa shape index (κ1) is 27.6. The molecule has 1 aromatic carbocycles. The lowest BCUT2D eigenvalue weighted by atomic mass is 9.93. The third kappa shape index (κ3) is 7.02. The average Bonchev–Trinajstić information content (AvgIpc) is 3.32. The summed E-state index contributed by atoms with van der Waals surface area (Å²) in [6, 6.07) is 2.06. The van der Waals surface area contributed by atoms with Crippen LogP contribution in [-0.4, -0.2) is 52.8 Å². The zero-order chi connectivity index (χ0) is 26.5. The molecular weight excluding hydrogens is 511 g/mol. The van der Waals surface area contributed by atoms with Crippen molar-refractivity contribution in [2.45, 2.75) is 51.8 Å². The van der Waals surface area contributed by atoms with E-state index in [-0.39, 0.29) is 23.6 Å². The summed E-state index contributed by atoms with van der Waals surface area (Å²) in [5.41, 5.74) is 0.108. The molecule has 1 aliphatic rings. The van der Waals surface area contributed by atoms with Crippen molar-refractivity contribution in [1.82, 2.24) is 15.6 Å². The van der Waals surface area contributed by atoms with Gasteiger partial charge in [-0.3, -0.25) is 4.99 Å². The summed E-state index contributed by atoms with van der Waals surface area (Å²) in [6.07, 6.45) is 0.890. The molecule has 0 radical (unpaired) electrons. The minimum absolute atomic E-state index is 0.00357. The summed E-state index contributed by atoms with van der Waals surface area (Å²) in [7, 11) is 0. The van der Waals surface area contributed by atoms with Gasteiger partial charge in [-0.15, -0.1) is 11.3 Å². The van der Waals surface area contributed by atoms with E-state index in [4.69, 9.17) is 21.1 Å². The van der Waals surface area contributed by atoms with Crippen molar-refractivity contribution in [3.63, 3.8) is 0 Å². The van der Waals surface area contributed by atoms with Crippen LogP contribution in [0, 0.1) is 5.82 Å². The SMILES string of the molecule is CCOC(=O)C1=C(CC(CO)NC(=O)OC(C)(C)C)NC(c2nccs2)=NC1c1ccc(F)cc1Cl. The molecule has 2 unspecified atom stereocenters. The molecule has 0 saturated heterocycles. The number of hydrogen-bond acceptors (Lipinski definition) is 9. The molecule has 3 N–H and O–H groups in total. The second kappa shape index (κ2) is 11.8. The molecule has 9 nitrogen and oxygen atoms in total. The number of alkyl carbamates (subject to hydrolysis) is 1. The van der Waals surface area contributed by atoms with Crippen LogP contribution in [-0.2, 0) is 14.3 Å². The highest BCUT2D eigenvalue weighted by molar-refractivity contribution is 7.11. The lowest BCUT2D eigenvalue weighted by Gasteiger charge is -2.29. The van der Waals surface area contributed by atoms with Crippen LogP contribution < -0.4 is 10.6 Å². The fourth-order valence-electron chi connectivity index (χ4n) is 3.49. The van der Waals surface area contributed by atoms with Gasteiger partial charge in [-0.1, -0.05) is 17.7 Å². The maximum Gasteiger partial charge on any atom is 0.407 e. The molecule has 0 aliphatic carbocycles. The maximum absolute atomic E-state index is 13.8. The Morgan fingerprint density at radius 2 is 2.11 bits per heavy atom. The van der Waals surface area contributed by atoms with Crippen molar-refractivity contribution in [2.75, 3.05) is 13.2 Å². The van der Waals surface area contributed by atoms with Gasteiger partial charge in [0.2, 0.25) is 0 Å². The van der Waals surface area contributed by atoms with Crippen LogP contribution in [0.2, 0.25) is 5.02 Å². The number of hydrogen-bond donors (Lipinski definition) is 3. The van der Waals surface area contributed by atoms with Crippen molar-refractivity contribution >= 4 is 40.8 Å². The molecule has 0 bridgehead atoms. The van der Waals surface area contributed by atoms with E-state index in [9.17, 15) is 19.1 Å². The van der Waals surface area contributed by atoms with Crippen molar-refractivity contribution in [2.24, 2.45) is 4.99 Å². The first-order valence-corrected chi connectivity index (χ1v) is 12.5. The topological polar surface area (TPSA) is 122 Å². The molecule has 2 aromatic rings. The molecule has 12 heteroatoms. The summed E-state index contributed by atoms with van der Waals surface area (Å²) >= 11 is 7.68. The number of benzene rings is 1. The number of aliphatic imine (C=N–C) groups is 1. The van der Waals surface area contributed by atoms with Crippen LogP contribution in [0.25, 0.3) is 0 Å². The van der Waals surface area contributed by atoms with Crippen LogP contribution in [0.1, 0.15) is 50.7 Å². The number of esters is 1. The van der Waals surface area contributed by atoms with Crippen LogP contribution in [0.5, 0.6) is 0 Å². The largest absolute Gasteiger partial charge is 0.463 e. The number of rotatable bonds is 8. The van der Waals surface area contributed by atoms with Gasteiger partial charge in [-0.05, 0) is 39.8 Å². The Hall–Kier alpha value is -3.02. The minimum Gasteiger partial charge on any atom is -0.463 e. The van der Waals surface area contributed by atoms with E-state index in [2.05, 4.69) is 20.6 Å². The molecular formula is C24H28ClFN4O5S. The number of carbonyl (C=O) groups excluding carboxylic acids is 2. The van der Waals surface area contributed by atoms with E-state index >= 15 is 0 Å². The fraction of sp³-hybridized carbons (Fsp3) is 0.417. The predicted molar refractivity (Wildman–Crippen MR) is 134 cm³/mol. The Morgan fingerprint density at radius 1 is 1.36 bits per heavy atom. The molecule has 2 heterocycles. The van der Waals surface area contributed by atoms with Gasteiger partial charge < -0.3 is 25.2 Å². The van der Waals surface area contributed by atoms with Gasteiger partial charge in [0.15, 0.2) is 10.8 Å². The number of halogens is 2. The average molecular weight is 539 g/mol. The Labute approximate surface area is 217 Å². The second-order valence-corrected chi connectivity index (χ2v) is 10.2. The molecule has 194 valence electrons. The number of amides is 1. The van der Waals surface area contributed by atoms with Gasteiger partial charge in [0.25, 0.3) is 0 Å². The molecule has 1 aromatic heterocycles. The molecule has 3 rings (SSSR count). The van der Waals surface area contributed by atoms with Gasteiger partial charge in [-0.25, -0.2) is 19.0 Å². The van der Waals surface area contributed by atoms with Crippen molar-refractivity contribution in [3.05, 3.63) is 62.5 Å². The molecule has 36 heavy (non-hydrogen) atoms. The number of aliphatic hydroxyl groups is 1. The summed E-state index contributed by atoms with van der Waals surface area (Å²) in [6.45, 7) is 6.49. The summed E-state index contributed by atoms with van der Waals surface area (Å²) in [5, 5.41) is 18.1. The van der Waals surface area contributed by atoms with E-state index in [0.29, 0.717) is 22.1 Å². The number of nitrogens with zero attached hydrogens (tertiary/aromatic N) is 2. The van der Waals surface area contributed by atoms with Gasteiger partial charge in [0, 0.05) is 34.3 Å². The van der Waals surface area contributed by atoms with E-state index in [0.717, 1.165) is 6.07 Å². The standard InChI is InChI=1S/C24H28ClFN4O5S/c1-5-34-22(32)18-17(11-14(12-31)28-23(33)35-24(2,3)4)29-20(21-27-8-9-36-21)30-19(18)15-7-6-13(26)10-16(15)25/h6-10,14,19,31H,5,11-12H2,1-4H3,(H,28,33)(H,29,30). The molecule has 1 aliphatic heterocycles. The summed E-state index contributed by atoms with van der Waals surface area (Å²) in [4.78, 5) is 34.5. The zero-order valence-corrected chi connectivity index (χ0v) is 21.9. The van der Waals surface area contributed by atoms with Gasteiger partial charge >= 0.3 is 12.1 Å². The Balaban J connectivity index is 2.07. The number of carbonyl (C=O) groups is 2. The van der Waals surface area contributed by atoms with E-state index in [1.165, 1.54) is 23.5 Å². The maximum atomic E-state index is 13.8. The Kier molecular flexibility index (Phi) is 9.04. The van der Waals surface area contributed by atoms with Crippen LogP contribution in [0.3, 0.4) is 0 Å². The highest BCUT2D eigenvalue weighted by atomic mass is 35.5. The number of thiazole rings is 1. The minimum atomic E-state index is -0.951. The lowest BCUT2D eigenvalue weighted by molar-refractivity contribution is -0.139. The number of nitrogens with one attached hydrogen (secondary N) is 2. The fourth-order valence-corrected chi connectivity index (χ4v) is 4.34. The first-order valence-electron chi connectivity index (χ1n) is 11.2. The smallest absolute Gasteiger partial charge is 0.407 e. The molecule has 1 amide bonds. The predicted octanol–water partition coefficient (Wildman–Crippen LogP) is 4.12. The number of aromatic nitrogens is 1. The lowest BCUT2D eigenvalue weighted by Crippen LogP contribution is -2.43. The molecule has 0 saturated carbocycles. The van der Waals surface area contributed by atoms with Crippen molar-refractivity contribution < 1.29 is 28.6 Å². The van der Waals surface area contributed by atoms with Crippen molar-refractivity contribution in [1.29, 1.82) is 0 Å². The van der Waals surface area contributed by atoms with Crippen LogP contribution >= 0.6 is 22.9 Å². The third-order valence-electron chi connectivity index (χ3n) is 4.91. The van der Waals surface area contributed by atoms with Crippen molar-refractivity contribution in [3.8, 4) is 0 Å². The molecule has 2 atom stereocenters. The van der Waals surface area contributed by atoms with E-state index < -0.39 is 42.2 Å². The van der Waals surface area contributed by atoms with Crippen LogP contribution in [0.15, 0.2) is 46.0 Å². The first-order chi connectivity index (χ1) is 17.0. The highest BCUT2D eigenvalue weighted by Gasteiger charge is 2.35.